The van der Waals surface area contributed by atoms with Crippen molar-refractivity contribution in [2.75, 3.05) is 6.54 Å². The number of rotatable bonds is 6. The molecular formula is C14H19NO4. The van der Waals surface area contributed by atoms with E-state index < -0.39 is 23.6 Å². The normalized spacial score (nSPS) is 19.7. The summed E-state index contributed by atoms with van der Waals surface area (Å²) in [5.74, 6) is -0.802. The fourth-order valence-electron chi connectivity index (χ4n) is 2.30. The summed E-state index contributed by atoms with van der Waals surface area (Å²) in [6.45, 7) is 0.304. The Morgan fingerprint density at radius 2 is 1.84 bits per heavy atom. The molecule has 1 aliphatic carbocycles. The molecule has 0 aliphatic heterocycles. The lowest BCUT2D eigenvalue weighted by Crippen LogP contribution is -2.22. The molecule has 104 valence electrons. The first-order valence-electron chi connectivity index (χ1n) is 6.41. The molecule has 1 saturated carbocycles. The number of nitrogens with two attached hydrogens (primary N) is 1. The number of aliphatic hydroxyl groups is 2. The zero-order valence-electron chi connectivity index (χ0n) is 10.6. The van der Waals surface area contributed by atoms with E-state index in [0.29, 0.717) is 31.4 Å². The summed E-state index contributed by atoms with van der Waals surface area (Å²) in [4.78, 5) is 11.2. The summed E-state index contributed by atoms with van der Waals surface area (Å²) in [5, 5.41) is 28.8. The highest BCUT2D eigenvalue weighted by Crippen LogP contribution is 2.48. The van der Waals surface area contributed by atoms with Crippen LogP contribution in [0.25, 0.3) is 0 Å². The van der Waals surface area contributed by atoms with Crippen LogP contribution < -0.4 is 5.73 Å². The van der Waals surface area contributed by atoms with Gasteiger partial charge in [0.25, 0.3) is 0 Å². The Labute approximate surface area is 111 Å². The zero-order valence-corrected chi connectivity index (χ0v) is 10.6. The van der Waals surface area contributed by atoms with E-state index in [0.717, 1.165) is 5.56 Å². The highest BCUT2D eigenvalue weighted by Gasteiger charge is 2.51. The monoisotopic (exact) mass is 265 g/mol. The Kier molecular flexibility index (Phi) is 3.89. The number of benzene rings is 1. The zero-order chi connectivity index (χ0) is 14.0. The number of carboxylic acids is 1. The lowest BCUT2D eigenvalue weighted by Gasteiger charge is -2.18. The number of aliphatic carboxylic acids is 1. The third kappa shape index (κ3) is 2.63. The smallest absolute Gasteiger partial charge is 0.314 e. The fraction of sp³-hybridized carbons (Fsp3) is 0.500. The standard InChI is InChI=1S/C14H19NO4/c15-8-5-11(16)12(17)9-1-3-10(4-2-9)14(6-7-14)13(18)19/h1-4,11-12,16-17H,5-8,15H2,(H,18,19). The number of carbonyl (C=O) groups is 1. The van der Waals surface area contributed by atoms with Crippen molar-refractivity contribution in [2.24, 2.45) is 5.73 Å². The first-order chi connectivity index (χ1) is 9.01. The van der Waals surface area contributed by atoms with Crippen LogP contribution in [0.4, 0.5) is 0 Å². The van der Waals surface area contributed by atoms with Crippen LogP contribution in [-0.4, -0.2) is 33.9 Å². The molecular weight excluding hydrogens is 246 g/mol. The first-order valence-corrected chi connectivity index (χ1v) is 6.41. The van der Waals surface area contributed by atoms with Crippen LogP contribution >= 0.6 is 0 Å². The molecule has 1 fully saturated rings. The molecule has 1 aliphatic rings. The SMILES string of the molecule is NCCC(O)C(O)c1ccc(C2(C(=O)O)CC2)cc1. The number of hydrogen-bond donors (Lipinski definition) is 4. The fourth-order valence-corrected chi connectivity index (χ4v) is 2.30. The molecule has 2 rings (SSSR count). The highest BCUT2D eigenvalue weighted by atomic mass is 16.4. The lowest BCUT2D eigenvalue weighted by molar-refractivity contribution is -0.140. The van der Waals surface area contributed by atoms with Gasteiger partial charge in [-0.05, 0) is 36.9 Å². The lowest BCUT2D eigenvalue weighted by atomic mass is 9.93. The molecule has 1 aromatic carbocycles. The Morgan fingerprint density at radius 1 is 1.26 bits per heavy atom. The van der Waals surface area contributed by atoms with Gasteiger partial charge in [0.15, 0.2) is 0 Å². The van der Waals surface area contributed by atoms with E-state index in [-0.39, 0.29) is 0 Å². The molecule has 5 N–H and O–H groups in total. The van der Waals surface area contributed by atoms with Crippen molar-refractivity contribution in [3.8, 4) is 0 Å². The maximum absolute atomic E-state index is 11.2. The molecule has 0 saturated heterocycles. The predicted molar refractivity (Wildman–Crippen MR) is 69.6 cm³/mol. The minimum atomic E-state index is -0.988. The van der Waals surface area contributed by atoms with Gasteiger partial charge in [-0.1, -0.05) is 24.3 Å². The van der Waals surface area contributed by atoms with E-state index in [1.54, 1.807) is 24.3 Å². The third-order valence-electron chi connectivity index (χ3n) is 3.79. The second kappa shape index (κ2) is 5.28. The van der Waals surface area contributed by atoms with E-state index in [1.165, 1.54) is 0 Å². The van der Waals surface area contributed by atoms with E-state index >= 15 is 0 Å². The van der Waals surface area contributed by atoms with Gasteiger partial charge in [-0.15, -0.1) is 0 Å². The van der Waals surface area contributed by atoms with Crippen molar-refractivity contribution in [3.63, 3.8) is 0 Å². The van der Waals surface area contributed by atoms with Crippen molar-refractivity contribution in [3.05, 3.63) is 35.4 Å². The minimum absolute atomic E-state index is 0.304. The molecule has 0 heterocycles. The maximum Gasteiger partial charge on any atom is 0.314 e. The second-order valence-electron chi connectivity index (χ2n) is 5.10. The van der Waals surface area contributed by atoms with Gasteiger partial charge in [0.2, 0.25) is 0 Å². The molecule has 0 amide bonds. The topological polar surface area (TPSA) is 104 Å². The van der Waals surface area contributed by atoms with Crippen molar-refractivity contribution >= 4 is 5.97 Å². The van der Waals surface area contributed by atoms with Gasteiger partial charge in [-0.3, -0.25) is 4.79 Å². The Balaban J connectivity index is 2.13. The van der Waals surface area contributed by atoms with Crippen LogP contribution in [0.2, 0.25) is 0 Å². The summed E-state index contributed by atoms with van der Waals surface area (Å²) in [6.07, 6.45) is -0.259. The highest BCUT2D eigenvalue weighted by molar-refractivity contribution is 5.84. The van der Waals surface area contributed by atoms with Gasteiger partial charge in [-0.25, -0.2) is 0 Å². The molecule has 0 spiro atoms. The van der Waals surface area contributed by atoms with Gasteiger partial charge in [-0.2, -0.15) is 0 Å². The summed E-state index contributed by atoms with van der Waals surface area (Å²) in [6, 6.07) is 6.77. The van der Waals surface area contributed by atoms with Gasteiger partial charge in [0.1, 0.15) is 6.10 Å². The first kappa shape index (κ1) is 14.0. The third-order valence-corrected chi connectivity index (χ3v) is 3.79. The molecule has 2 unspecified atom stereocenters. The summed E-state index contributed by atoms with van der Waals surface area (Å²) >= 11 is 0. The number of carboxylic acid groups (broad SMARTS) is 1. The van der Waals surface area contributed by atoms with Crippen LogP contribution in [0.1, 0.15) is 36.5 Å². The molecule has 2 atom stereocenters. The van der Waals surface area contributed by atoms with Crippen LogP contribution in [-0.2, 0) is 10.2 Å². The van der Waals surface area contributed by atoms with Crippen molar-refractivity contribution in [1.82, 2.24) is 0 Å². The van der Waals surface area contributed by atoms with Crippen molar-refractivity contribution < 1.29 is 20.1 Å². The molecule has 0 bridgehead atoms. The van der Waals surface area contributed by atoms with Crippen molar-refractivity contribution in [2.45, 2.75) is 36.9 Å². The van der Waals surface area contributed by atoms with Gasteiger partial charge >= 0.3 is 5.97 Å². The van der Waals surface area contributed by atoms with Gasteiger partial charge in [0, 0.05) is 0 Å². The van der Waals surface area contributed by atoms with Crippen LogP contribution in [0.5, 0.6) is 0 Å². The maximum atomic E-state index is 11.2. The van der Waals surface area contributed by atoms with Gasteiger partial charge < -0.3 is 21.1 Å². The molecule has 0 radical (unpaired) electrons. The van der Waals surface area contributed by atoms with E-state index in [9.17, 15) is 20.1 Å². The predicted octanol–water partition coefficient (Wildman–Crippen LogP) is 0.546. The Morgan fingerprint density at radius 3 is 2.26 bits per heavy atom. The van der Waals surface area contributed by atoms with E-state index in [4.69, 9.17) is 5.73 Å². The minimum Gasteiger partial charge on any atom is -0.481 e. The number of hydrogen-bond acceptors (Lipinski definition) is 4. The molecule has 19 heavy (non-hydrogen) atoms. The van der Waals surface area contributed by atoms with E-state index in [1.807, 2.05) is 0 Å². The molecule has 5 heteroatoms. The number of aliphatic hydroxyl groups excluding tert-OH is 2. The quantitative estimate of drug-likeness (QED) is 0.601. The van der Waals surface area contributed by atoms with Gasteiger partial charge in [0.05, 0.1) is 11.5 Å². The average Bonchev–Trinajstić information content (AvgIpc) is 3.20. The van der Waals surface area contributed by atoms with Crippen LogP contribution in [0.3, 0.4) is 0 Å². The Bertz CT molecular complexity index is 453. The second-order valence-corrected chi connectivity index (χ2v) is 5.10. The molecule has 1 aromatic rings. The molecule has 0 aromatic heterocycles. The average molecular weight is 265 g/mol. The van der Waals surface area contributed by atoms with Crippen LogP contribution in [0.15, 0.2) is 24.3 Å². The van der Waals surface area contributed by atoms with Crippen molar-refractivity contribution in [1.29, 1.82) is 0 Å². The summed E-state index contributed by atoms with van der Waals surface area (Å²) in [5.41, 5.74) is 5.92. The van der Waals surface area contributed by atoms with Crippen LogP contribution in [0, 0.1) is 0 Å². The largest absolute Gasteiger partial charge is 0.481 e. The Hall–Kier alpha value is -1.43. The molecule has 5 nitrogen and oxygen atoms in total. The summed E-state index contributed by atoms with van der Waals surface area (Å²) < 4.78 is 0. The van der Waals surface area contributed by atoms with E-state index in [2.05, 4.69) is 0 Å². The summed E-state index contributed by atoms with van der Waals surface area (Å²) in [7, 11) is 0.